The number of carbonyl (C=O) groups excluding carboxylic acids is 1. The summed E-state index contributed by atoms with van der Waals surface area (Å²) >= 11 is 0. The molecule has 3 aliphatic rings. The van der Waals surface area contributed by atoms with Gasteiger partial charge in [0.1, 0.15) is 11.6 Å². The molecule has 1 aromatic heterocycles. The van der Waals surface area contributed by atoms with Crippen LogP contribution in [0.5, 0.6) is 0 Å². The standard InChI is InChI=1S/C26H34FN5O/c1-18-7-12-30(13-8-18)24-22-17-32(25(33)20-3-5-21(27)6-4-20)16-11-23(22)28-26(29-24)31-14-9-19(2)10-15-31/h3-6,18-19H,7-17H2,1-2H3. The van der Waals surface area contributed by atoms with Gasteiger partial charge in [-0.15, -0.1) is 0 Å². The lowest BCUT2D eigenvalue weighted by atomic mass is 9.97. The van der Waals surface area contributed by atoms with Crippen LogP contribution >= 0.6 is 0 Å². The fourth-order valence-electron chi connectivity index (χ4n) is 5.16. The highest BCUT2D eigenvalue weighted by Gasteiger charge is 2.30. The number of nitrogens with zero attached hydrogens (tertiary/aromatic N) is 5. The molecule has 0 spiro atoms. The van der Waals surface area contributed by atoms with Crippen LogP contribution in [0, 0.1) is 17.7 Å². The molecule has 0 aliphatic carbocycles. The first kappa shape index (κ1) is 22.1. The van der Waals surface area contributed by atoms with E-state index in [-0.39, 0.29) is 11.7 Å². The van der Waals surface area contributed by atoms with Crippen molar-refractivity contribution in [2.45, 2.75) is 52.5 Å². The Morgan fingerprint density at radius 3 is 2.12 bits per heavy atom. The van der Waals surface area contributed by atoms with E-state index in [1.165, 1.54) is 25.0 Å². The third kappa shape index (κ3) is 4.68. The highest BCUT2D eigenvalue weighted by Crippen LogP contribution is 2.33. The first-order valence-corrected chi connectivity index (χ1v) is 12.4. The molecular weight excluding hydrogens is 417 g/mol. The Balaban J connectivity index is 1.45. The summed E-state index contributed by atoms with van der Waals surface area (Å²) in [5.74, 6) is 2.97. The van der Waals surface area contributed by atoms with Gasteiger partial charge in [-0.05, 0) is 61.8 Å². The Hall–Kier alpha value is -2.70. The highest BCUT2D eigenvalue weighted by molar-refractivity contribution is 5.94. The van der Waals surface area contributed by atoms with Crippen LogP contribution in [0.15, 0.2) is 24.3 Å². The summed E-state index contributed by atoms with van der Waals surface area (Å²) in [6.07, 6.45) is 5.40. The third-order valence-corrected chi connectivity index (χ3v) is 7.55. The molecule has 1 aromatic carbocycles. The summed E-state index contributed by atoms with van der Waals surface area (Å²) in [5, 5.41) is 0. The number of benzene rings is 1. The number of fused-ring (bicyclic) bond motifs is 1. The lowest BCUT2D eigenvalue weighted by Gasteiger charge is -2.37. The van der Waals surface area contributed by atoms with Crippen molar-refractivity contribution in [1.82, 2.24) is 14.9 Å². The SMILES string of the molecule is CC1CCN(c2nc3c(c(N4CCC(C)CC4)n2)CN(C(=O)c2ccc(F)cc2)CC3)CC1. The molecule has 0 N–H and O–H groups in total. The Morgan fingerprint density at radius 2 is 1.48 bits per heavy atom. The molecule has 1 amide bonds. The minimum atomic E-state index is -0.329. The molecule has 7 heteroatoms. The maximum atomic E-state index is 13.3. The fraction of sp³-hybridized carbons (Fsp3) is 0.577. The molecule has 4 heterocycles. The van der Waals surface area contributed by atoms with E-state index in [4.69, 9.17) is 9.97 Å². The summed E-state index contributed by atoms with van der Waals surface area (Å²) in [6, 6.07) is 5.83. The topological polar surface area (TPSA) is 52.6 Å². The smallest absolute Gasteiger partial charge is 0.254 e. The monoisotopic (exact) mass is 451 g/mol. The van der Waals surface area contributed by atoms with Gasteiger partial charge in [0, 0.05) is 50.3 Å². The molecule has 2 saturated heterocycles. The van der Waals surface area contributed by atoms with Crippen molar-refractivity contribution >= 4 is 17.7 Å². The summed E-state index contributed by atoms with van der Waals surface area (Å²) in [6.45, 7) is 9.75. The number of carbonyl (C=O) groups is 1. The second kappa shape index (κ2) is 9.27. The summed E-state index contributed by atoms with van der Waals surface area (Å²) in [5.41, 5.74) is 2.68. The molecule has 5 rings (SSSR count). The van der Waals surface area contributed by atoms with Gasteiger partial charge in [0.25, 0.3) is 5.91 Å². The lowest BCUT2D eigenvalue weighted by Crippen LogP contribution is -2.41. The minimum Gasteiger partial charge on any atom is -0.356 e. The van der Waals surface area contributed by atoms with E-state index in [1.807, 2.05) is 4.90 Å². The van der Waals surface area contributed by atoms with E-state index in [0.717, 1.165) is 80.3 Å². The maximum absolute atomic E-state index is 13.3. The van der Waals surface area contributed by atoms with Gasteiger partial charge >= 0.3 is 0 Å². The van der Waals surface area contributed by atoms with Crippen molar-refractivity contribution in [3.05, 3.63) is 46.9 Å². The number of hydrogen-bond acceptors (Lipinski definition) is 5. The first-order chi connectivity index (χ1) is 16.0. The van der Waals surface area contributed by atoms with Crippen LogP contribution in [-0.2, 0) is 13.0 Å². The Morgan fingerprint density at radius 1 is 0.879 bits per heavy atom. The predicted octanol–water partition coefficient (Wildman–Crippen LogP) is 4.29. The van der Waals surface area contributed by atoms with Crippen LogP contribution in [0.25, 0.3) is 0 Å². The quantitative estimate of drug-likeness (QED) is 0.697. The van der Waals surface area contributed by atoms with Crippen LogP contribution in [0.1, 0.15) is 61.1 Å². The van der Waals surface area contributed by atoms with Crippen LogP contribution in [0.4, 0.5) is 16.2 Å². The molecule has 3 aliphatic heterocycles. The van der Waals surface area contributed by atoms with Crippen molar-refractivity contribution in [3.8, 4) is 0 Å². The Kier molecular flexibility index (Phi) is 6.21. The average molecular weight is 452 g/mol. The summed E-state index contributed by atoms with van der Waals surface area (Å²) in [7, 11) is 0. The molecule has 33 heavy (non-hydrogen) atoms. The zero-order valence-corrected chi connectivity index (χ0v) is 19.8. The molecule has 2 aromatic rings. The molecule has 0 saturated carbocycles. The zero-order chi connectivity index (χ0) is 22.9. The van der Waals surface area contributed by atoms with Crippen molar-refractivity contribution in [3.63, 3.8) is 0 Å². The predicted molar refractivity (Wildman–Crippen MR) is 128 cm³/mol. The van der Waals surface area contributed by atoms with Gasteiger partial charge in [-0.25, -0.2) is 9.37 Å². The second-order valence-corrected chi connectivity index (χ2v) is 10.1. The third-order valence-electron chi connectivity index (χ3n) is 7.55. The zero-order valence-electron chi connectivity index (χ0n) is 19.8. The normalized spacial score (nSPS) is 20.2. The fourth-order valence-corrected chi connectivity index (χ4v) is 5.16. The van der Waals surface area contributed by atoms with Gasteiger partial charge in [-0.1, -0.05) is 13.8 Å². The summed E-state index contributed by atoms with van der Waals surface area (Å²) < 4.78 is 13.3. The van der Waals surface area contributed by atoms with Crippen LogP contribution in [0.3, 0.4) is 0 Å². The molecule has 0 radical (unpaired) electrons. The van der Waals surface area contributed by atoms with E-state index >= 15 is 0 Å². The van der Waals surface area contributed by atoms with Gasteiger partial charge in [0.05, 0.1) is 12.2 Å². The number of halogens is 1. The number of rotatable bonds is 3. The second-order valence-electron chi connectivity index (χ2n) is 10.1. The molecular formula is C26H34FN5O. The van der Waals surface area contributed by atoms with E-state index in [1.54, 1.807) is 12.1 Å². The number of piperidine rings is 2. The minimum absolute atomic E-state index is 0.0621. The first-order valence-electron chi connectivity index (χ1n) is 12.4. The average Bonchev–Trinajstić information content (AvgIpc) is 2.84. The molecule has 0 unspecified atom stereocenters. The highest BCUT2D eigenvalue weighted by atomic mass is 19.1. The van der Waals surface area contributed by atoms with Crippen LogP contribution in [0.2, 0.25) is 0 Å². The van der Waals surface area contributed by atoms with E-state index in [0.29, 0.717) is 18.7 Å². The molecule has 0 atom stereocenters. The maximum Gasteiger partial charge on any atom is 0.254 e. The number of aromatic nitrogens is 2. The Labute approximate surface area is 195 Å². The molecule has 6 nitrogen and oxygen atoms in total. The molecule has 2 fully saturated rings. The van der Waals surface area contributed by atoms with Crippen LogP contribution in [-0.4, -0.2) is 53.5 Å². The van der Waals surface area contributed by atoms with E-state index in [9.17, 15) is 9.18 Å². The Bertz CT molecular complexity index is 994. The largest absolute Gasteiger partial charge is 0.356 e. The number of hydrogen-bond donors (Lipinski definition) is 0. The van der Waals surface area contributed by atoms with Crippen molar-refractivity contribution in [2.75, 3.05) is 42.5 Å². The number of amides is 1. The lowest BCUT2D eigenvalue weighted by molar-refractivity contribution is 0.0733. The van der Waals surface area contributed by atoms with Crippen molar-refractivity contribution in [2.24, 2.45) is 11.8 Å². The number of anilines is 2. The van der Waals surface area contributed by atoms with Gasteiger partial charge < -0.3 is 14.7 Å². The van der Waals surface area contributed by atoms with Crippen LogP contribution < -0.4 is 9.80 Å². The van der Waals surface area contributed by atoms with Crippen molar-refractivity contribution in [1.29, 1.82) is 0 Å². The van der Waals surface area contributed by atoms with Gasteiger partial charge in [0.2, 0.25) is 5.95 Å². The molecule has 0 bridgehead atoms. The van der Waals surface area contributed by atoms with Gasteiger partial charge in [-0.2, -0.15) is 4.98 Å². The van der Waals surface area contributed by atoms with E-state index < -0.39 is 0 Å². The van der Waals surface area contributed by atoms with Crippen molar-refractivity contribution < 1.29 is 9.18 Å². The van der Waals surface area contributed by atoms with E-state index in [2.05, 4.69) is 23.6 Å². The van der Waals surface area contributed by atoms with Gasteiger partial charge in [-0.3, -0.25) is 4.79 Å². The summed E-state index contributed by atoms with van der Waals surface area (Å²) in [4.78, 5) is 29.9. The van der Waals surface area contributed by atoms with Gasteiger partial charge in [0.15, 0.2) is 0 Å². The molecule has 176 valence electrons.